The van der Waals surface area contributed by atoms with Gasteiger partial charge < -0.3 is 10.5 Å². The third-order valence-corrected chi connectivity index (χ3v) is 4.33. The van der Waals surface area contributed by atoms with Gasteiger partial charge in [-0.2, -0.15) is 0 Å². The van der Waals surface area contributed by atoms with Crippen molar-refractivity contribution in [1.29, 1.82) is 0 Å². The molecule has 0 aromatic heterocycles. The summed E-state index contributed by atoms with van der Waals surface area (Å²) in [6, 6.07) is -0.106. The number of nitrogens with two attached hydrogens (primary N) is 1. The lowest BCUT2D eigenvalue weighted by Gasteiger charge is -2.35. The number of rotatable bonds is 5. The van der Waals surface area contributed by atoms with E-state index in [4.69, 9.17) is 16.0 Å². The van der Waals surface area contributed by atoms with Gasteiger partial charge in [0, 0.05) is 30.6 Å². The highest BCUT2D eigenvalue weighted by atomic mass is 16.5. The van der Waals surface area contributed by atoms with Crippen LogP contribution in [0.4, 0.5) is 0 Å². The van der Waals surface area contributed by atoms with E-state index in [0.29, 0.717) is 5.92 Å². The van der Waals surface area contributed by atoms with Crippen molar-refractivity contribution in [1.82, 2.24) is 4.90 Å². The van der Waals surface area contributed by atoms with Crippen molar-refractivity contribution in [2.45, 2.75) is 44.2 Å². The van der Waals surface area contributed by atoms with Crippen LogP contribution in [-0.4, -0.2) is 49.8 Å². The number of nitrogens with zero attached hydrogens (tertiary/aromatic N) is 4. The highest BCUT2D eigenvalue weighted by Gasteiger charge is 2.29. The van der Waals surface area contributed by atoms with Crippen LogP contribution in [0, 0.1) is 5.92 Å². The quantitative estimate of drug-likeness (QED) is 0.469. The van der Waals surface area contributed by atoms with Crippen molar-refractivity contribution in [3.05, 3.63) is 10.4 Å². The van der Waals surface area contributed by atoms with Gasteiger partial charge in [0.25, 0.3) is 0 Å². The SMILES string of the molecule is [N-]=[N+]=N[C@@H](C1CCCCC1)[C@H](N)CN1CCOCC1. The first kappa shape index (κ1) is 14.6. The van der Waals surface area contributed by atoms with Gasteiger partial charge >= 0.3 is 0 Å². The molecular formula is C13H25N5O. The summed E-state index contributed by atoms with van der Waals surface area (Å²) in [6.45, 7) is 4.23. The van der Waals surface area contributed by atoms with Crippen molar-refractivity contribution >= 4 is 0 Å². The first-order valence-electron chi connectivity index (χ1n) is 7.41. The van der Waals surface area contributed by atoms with E-state index < -0.39 is 0 Å². The molecule has 1 heterocycles. The van der Waals surface area contributed by atoms with E-state index in [0.717, 1.165) is 45.7 Å². The Hall–Kier alpha value is -0.810. The van der Waals surface area contributed by atoms with Gasteiger partial charge in [-0.3, -0.25) is 4.90 Å². The number of azide groups is 1. The Morgan fingerprint density at radius 3 is 2.58 bits per heavy atom. The Morgan fingerprint density at radius 1 is 1.26 bits per heavy atom. The molecule has 2 aliphatic rings. The Balaban J connectivity index is 1.90. The molecule has 108 valence electrons. The zero-order valence-electron chi connectivity index (χ0n) is 11.6. The fourth-order valence-corrected chi connectivity index (χ4v) is 3.25. The van der Waals surface area contributed by atoms with E-state index in [2.05, 4.69) is 14.9 Å². The largest absolute Gasteiger partial charge is 0.379 e. The van der Waals surface area contributed by atoms with Crippen molar-refractivity contribution < 1.29 is 4.74 Å². The average Bonchev–Trinajstić information content (AvgIpc) is 2.46. The standard InChI is InChI=1S/C13H25N5O/c14-12(10-18-6-8-19-9-7-18)13(16-17-15)11-4-2-1-3-5-11/h11-13H,1-10,14H2/t12-,13+/m1/s1. The molecular weight excluding hydrogens is 242 g/mol. The van der Waals surface area contributed by atoms with E-state index in [1.54, 1.807) is 0 Å². The lowest BCUT2D eigenvalue weighted by molar-refractivity contribution is 0.0328. The summed E-state index contributed by atoms with van der Waals surface area (Å²) in [4.78, 5) is 5.34. The third kappa shape index (κ3) is 4.35. The molecule has 0 amide bonds. The second-order valence-electron chi connectivity index (χ2n) is 5.67. The molecule has 0 spiro atoms. The Kier molecular flexibility index (Phi) is 5.92. The minimum absolute atomic E-state index is 0.0480. The molecule has 0 unspecified atom stereocenters. The molecule has 2 N–H and O–H groups in total. The summed E-state index contributed by atoms with van der Waals surface area (Å²) in [7, 11) is 0. The Labute approximate surface area is 114 Å². The van der Waals surface area contributed by atoms with E-state index in [9.17, 15) is 0 Å². The second-order valence-corrected chi connectivity index (χ2v) is 5.67. The van der Waals surface area contributed by atoms with E-state index >= 15 is 0 Å². The molecule has 0 bridgehead atoms. The molecule has 0 aromatic carbocycles. The summed E-state index contributed by atoms with van der Waals surface area (Å²) in [5.74, 6) is 0.473. The van der Waals surface area contributed by atoms with Gasteiger partial charge in [-0.25, -0.2) is 0 Å². The molecule has 2 fully saturated rings. The molecule has 1 aliphatic heterocycles. The minimum Gasteiger partial charge on any atom is -0.379 e. The highest BCUT2D eigenvalue weighted by Crippen LogP contribution is 2.29. The van der Waals surface area contributed by atoms with Crippen LogP contribution in [0.15, 0.2) is 5.11 Å². The maximum absolute atomic E-state index is 8.79. The van der Waals surface area contributed by atoms with E-state index in [1.165, 1.54) is 19.3 Å². The van der Waals surface area contributed by atoms with Gasteiger partial charge in [0.05, 0.1) is 19.3 Å². The van der Waals surface area contributed by atoms with Crippen LogP contribution in [0.1, 0.15) is 32.1 Å². The number of morpholine rings is 1. The number of hydrogen-bond acceptors (Lipinski definition) is 4. The topological polar surface area (TPSA) is 87.2 Å². The van der Waals surface area contributed by atoms with Gasteiger partial charge in [-0.05, 0) is 24.3 Å². The maximum Gasteiger partial charge on any atom is 0.0594 e. The normalized spacial score (nSPS) is 25.5. The first-order valence-corrected chi connectivity index (χ1v) is 7.41. The molecule has 6 heteroatoms. The van der Waals surface area contributed by atoms with E-state index in [1.807, 2.05) is 0 Å². The summed E-state index contributed by atoms with van der Waals surface area (Å²) in [5, 5.41) is 4.01. The van der Waals surface area contributed by atoms with Crippen molar-refractivity contribution in [2.75, 3.05) is 32.8 Å². The molecule has 2 rings (SSSR count). The van der Waals surface area contributed by atoms with Crippen molar-refractivity contribution in [3.8, 4) is 0 Å². The van der Waals surface area contributed by atoms with Gasteiger partial charge in [-0.1, -0.05) is 24.4 Å². The van der Waals surface area contributed by atoms with Crippen LogP contribution in [0.2, 0.25) is 0 Å². The van der Waals surface area contributed by atoms with Crippen LogP contribution < -0.4 is 5.73 Å². The number of ether oxygens (including phenoxy) is 1. The Bertz CT molecular complexity index is 306. The molecule has 1 aliphatic carbocycles. The fourth-order valence-electron chi connectivity index (χ4n) is 3.25. The van der Waals surface area contributed by atoms with Gasteiger partial charge in [0.1, 0.15) is 0 Å². The van der Waals surface area contributed by atoms with Gasteiger partial charge in [0.15, 0.2) is 0 Å². The van der Waals surface area contributed by atoms with Crippen LogP contribution in [-0.2, 0) is 4.74 Å². The predicted molar refractivity (Wildman–Crippen MR) is 74.7 cm³/mol. The molecule has 1 saturated carbocycles. The fraction of sp³-hybridized carbons (Fsp3) is 1.00. The molecule has 2 atom stereocenters. The summed E-state index contributed by atoms with van der Waals surface area (Å²) >= 11 is 0. The zero-order valence-corrected chi connectivity index (χ0v) is 11.6. The first-order chi connectivity index (χ1) is 9.31. The van der Waals surface area contributed by atoms with Crippen molar-refractivity contribution in [2.24, 2.45) is 16.8 Å². The minimum atomic E-state index is -0.0582. The second kappa shape index (κ2) is 7.70. The zero-order chi connectivity index (χ0) is 13.5. The molecule has 0 radical (unpaired) electrons. The molecule has 1 saturated heterocycles. The van der Waals surface area contributed by atoms with Gasteiger partial charge in [0.2, 0.25) is 0 Å². The van der Waals surface area contributed by atoms with Gasteiger partial charge in [-0.15, -0.1) is 0 Å². The van der Waals surface area contributed by atoms with Crippen LogP contribution in [0.3, 0.4) is 0 Å². The Morgan fingerprint density at radius 2 is 1.95 bits per heavy atom. The van der Waals surface area contributed by atoms with Crippen molar-refractivity contribution in [3.63, 3.8) is 0 Å². The smallest absolute Gasteiger partial charge is 0.0594 e. The summed E-state index contributed by atoms with van der Waals surface area (Å²) in [6.07, 6.45) is 6.10. The average molecular weight is 267 g/mol. The van der Waals surface area contributed by atoms with Crippen LogP contribution >= 0.6 is 0 Å². The molecule has 6 nitrogen and oxygen atoms in total. The molecule has 19 heavy (non-hydrogen) atoms. The highest BCUT2D eigenvalue weighted by molar-refractivity contribution is 4.89. The lowest BCUT2D eigenvalue weighted by atomic mass is 9.81. The maximum atomic E-state index is 8.79. The van der Waals surface area contributed by atoms with Crippen LogP contribution in [0.25, 0.3) is 10.4 Å². The molecule has 0 aromatic rings. The predicted octanol–water partition coefficient (Wildman–Crippen LogP) is 1.91. The lowest BCUT2D eigenvalue weighted by Crippen LogP contribution is -2.50. The number of hydrogen-bond donors (Lipinski definition) is 1. The summed E-state index contributed by atoms with van der Waals surface area (Å²) < 4.78 is 5.34. The third-order valence-electron chi connectivity index (χ3n) is 4.33. The van der Waals surface area contributed by atoms with Crippen LogP contribution in [0.5, 0.6) is 0 Å². The monoisotopic (exact) mass is 267 g/mol. The van der Waals surface area contributed by atoms with E-state index in [-0.39, 0.29) is 12.1 Å². The summed E-state index contributed by atoms with van der Waals surface area (Å²) in [5.41, 5.74) is 15.1.